The lowest BCUT2D eigenvalue weighted by Crippen LogP contribution is -2.26. The van der Waals surface area contributed by atoms with Gasteiger partial charge in [-0.15, -0.1) is 0 Å². The molecule has 0 radical (unpaired) electrons. The van der Waals surface area contributed by atoms with Crippen molar-refractivity contribution in [2.24, 2.45) is 0 Å². The molecule has 7 heteroatoms. The van der Waals surface area contributed by atoms with Gasteiger partial charge in [-0.1, -0.05) is 42.5 Å². The minimum absolute atomic E-state index is 0.0604. The Bertz CT molecular complexity index is 1030. The second-order valence-electron chi connectivity index (χ2n) is 5.69. The number of nitrogens with one attached hydrogen (secondary N) is 1. The van der Waals surface area contributed by atoms with E-state index < -0.39 is 11.9 Å². The highest BCUT2D eigenvalue weighted by Gasteiger charge is 2.16. The molecule has 1 heterocycles. The zero-order valence-electron chi connectivity index (χ0n) is 14.6. The first-order chi connectivity index (χ1) is 13.1. The van der Waals surface area contributed by atoms with E-state index in [0.29, 0.717) is 5.69 Å². The van der Waals surface area contributed by atoms with E-state index >= 15 is 0 Å². The zero-order valence-corrected chi connectivity index (χ0v) is 14.6. The van der Waals surface area contributed by atoms with E-state index in [-0.39, 0.29) is 23.4 Å². The van der Waals surface area contributed by atoms with E-state index in [4.69, 9.17) is 4.74 Å². The quantitative estimate of drug-likeness (QED) is 0.703. The number of para-hydroxylation sites is 1. The predicted octanol–water partition coefficient (Wildman–Crippen LogP) is 2.33. The van der Waals surface area contributed by atoms with E-state index in [1.54, 1.807) is 24.3 Å². The molecule has 0 unspecified atom stereocenters. The summed E-state index contributed by atoms with van der Waals surface area (Å²) in [7, 11) is 1.27. The molecule has 0 saturated carbocycles. The Morgan fingerprint density at radius 2 is 1.70 bits per heavy atom. The van der Waals surface area contributed by atoms with Gasteiger partial charge in [0.2, 0.25) is 0 Å². The minimum atomic E-state index is -0.562. The predicted molar refractivity (Wildman–Crippen MR) is 99.8 cm³/mol. The van der Waals surface area contributed by atoms with Gasteiger partial charge in [0.05, 0.1) is 24.9 Å². The minimum Gasteiger partial charge on any atom is -0.465 e. The molecule has 0 atom stereocenters. The van der Waals surface area contributed by atoms with Crippen LogP contribution in [0, 0.1) is 0 Å². The molecule has 3 aromatic rings. The number of hydrogen-bond donors (Lipinski definition) is 1. The monoisotopic (exact) mass is 363 g/mol. The van der Waals surface area contributed by atoms with E-state index in [1.807, 2.05) is 30.3 Å². The van der Waals surface area contributed by atoms with Gasteiger partial charge in [0, 0.05) is 6.07 Å². The molecular weight excluding hydrogens is 346 g/mol. The van der Waals surface area contributed by atoms with Crippen LogP contribution < -0.4 is 10.9 Å². The van der Waals surface area contributed by atoms with Crippen molar-refractivity contribution in [2.45, 2.75) is 6.54 Å². The van der Waals surface area contributed by atoms with Gasteiger partial charge in [-0.05, 0) is 23.8 Å². The third-order valence-electron chi connectivity index (χ3n) is 3.86. The van der Waals surface area contributed by atoms with Crippen molar-refractivity contribution in [1.29, 1.82) is 0 Å². The number of anilines is 1. The summed E-state index contributed by atoms with van der Waals surface area (Å²) in [5, 5.41) is 6.77. The number of amides is 1. The normalized spacial score (nSPS) is 10.3. The van der Waals surface area contributed by atoms with Gasteiger partial charge in [0.25, 0.3) is 11.5 Å². The number of methoxy groups -OCH3 is 1. The number of carbonyl (C=O) groups excluding carboxylic acids is 2. The number of aromatic nitrogens is 2. The Morgan fingerprint density at radius 1 is 1.00 bits per heavy atom. The average molecular weight is 363 g/mol. The maximum atomic E-state index is 12.6. The van der Waals surface area contributed by atoms with Crippen LogP contribution in [0.25, 0.3) is 0 Å². The molecule has 0 spiro atoms. The van der Waals surface area contributed by atoms with Gasteiger partial charge in [-0.3, -0.25) is 9.59 Å². The Hall–Kier alpha value is -3.74. The van der Waals surface area contributed by atoms with Gasteiger partial charge in [0.1, 0.15) is 5.69 Å². The zero-order chi connectivity index (χ0) is 19.2. The number of hydrogen-bond acceptors (Lipinski definition) is 5. The summed E-state index contributed by atoms with van der Waals surface area (Å²) in [6, 6.07) is 18.5. The molecule has 136 valence electrons. The van der Waals surface area contributed by atoms with Crippen LogP contribution in [0.15, 0.2) is 71.5 Å². The fourth-order valence-corrected chi connectivity index (χ4v) is 2.51. The standard InChI is InChI=1S/C20H17N3O4/c1-27-20(26)15-9-5-6-10-16(15)21-19(25)17-11-12-18(24)23(22-17)13-14-7-3-2-4-8-14/h2-12H,13H2,1H3,(H,21,25). The highest BCUT2D eigenvalue weighted by Crippen LogP contribution is 2.16. The van der Waals surface area contributed by atoms with Gasteiger partial charge in [0.15, 0.2) is 0 Å². The van der Waals surface area contributed by atoms with Crippen molar-refractivity contribution in [3.8, 4) is 0 Å². The van der Waals surface area contributed by atoms with Crippen LogP contribution in [0.4, 0.5) is 5.69 Å². The van der Waals surface area contributed by atoms with Crippen molar-refractivity contribution in [2.75, 3.05) is 12.4 Å². The third-order valence-corrected chi connectivity index (χ3v) is 3.86. The van der Waals surface area contributed by atoms with E-state index in [2.05, 4.69) is 10.4 Å². The lowest BCUT2D eigenvalue weighted by atomic mass is 10.1. The van der Waals surface area contributed by atoms with Crippen LogP contribution in [-0.4, -0.2) is 28.8 Å². The molecule has 7 nitrogen and oxygen atoms in total. The summed E-state index contributed by atoms with van der Waals surface area (Å²) >= 11 is 0. The van der Waals surface area contributed by atoms with Crippen molar-refractivity contribution in [1.82, 2.24) is 9.78 Å². The lowest BCUT2D eigenvalue weighted by Gasteiger charge is -2.10. The first kappa shape index (κ1) is 18.1. The molecule has 0 aliphatic heterocycles. The molecule has 3 rings (SSSR count). The molecule has 1 amide bonds. The number of esters is 1. The van der Waals surface area contributed by atoms with Gasteiger partial charge in [-0.25, -0.2) is 9.48 Å². The summed E-state index contributed by atoms with van der Waals surface area (Å²) in [5.74, 6) is -1.10. The maximum Gasteiger partial charge on any atom is 0.339 e. The smallest absolute Gasteiger partial charge is 0.339 e. The van der Waals surface area contributed by atoms with Crippen LogP contribution >= 0.6 is 0 Å². The highest BCUT2D eigenvalue weighted by molar-refractivity contribution is 6.06. The second kappa shape index (κ2) is 8.09. The number of benzene rings is 2. The highest BCUT2D eigenvalue weighted by atomic mass is 16.5. The average Bonchev–Trinajstić information content (AvgIpc) is 2.70. The first-order valence-corrected chi connectivity index (χ1v) is 8.19. The van der Waals surface area contributed by atoms with Gasteiger partial charge < -0.3 is 10.1 Å². The van der Waals surface area contributed by atoms with Crippen molar-refractivity contribution in [3.63, 3.8) is 0 Å². The Morgan fingerprint density at radius 3 is 2.44 bits per heavy atom. The summed E-state index contributed by atoms with van der Waals surface area (Å²) in [6.07, 6.45) is 0. The third kappa shape index (κ3) is 4.27. The van der Waals surface area contributed by atoms with Crippen molar-refractivity contribution in [3.05, 3.63) is 93.9 Å². The van der Waals surface area contributed by atoms with E-state index in [9.17, 15) is 14.4 Å². The lowest BCUT2D eigenvalue weighted by molar-refractivity contribution is 0.0602. The number of rotatable bonds is 5. The fourth-order valence-electron chi connectivity index (χ4n) is 2.51. The van der Waals surface area contributed by atoms with Gasteiger partial charge in [-0.2, -0.15) is 5.10 Å². The van der Waals surface area contributed by atoms with Crippen molar-refractivity contribution < 1.29 is 14.3 Å². The second-order valence-corrected chi connectivity index (χ2v) is 5.69. The summed E-state index contributed by atoms with van der Waals surface area (Å²) in [6.45, 7) is 0.250. The molecule has 1 aromatic heterocycles. The number of ether oxygens (including phenoxy) is 1. The summed E-state index contributed by atoms with van der Waals surface area (Å²) in [4.78, 5) is 36.4. The topological polar surface area (TPSA) is 90.3 Å². The largest absolute Gasteiger partial charge is 0.465 e. The van der Waals surface area contributed by atoms with Crippen LogP contribution in [0.5, 0.6) is 0 Å². The summed E-state index contributed by atoms with van der Waals surface area (Å²) < 4.78 is 5.93. The molecule has 0 aliphatic rings. The van der Waals surface area contributed by atoms with Crippen LogP contribution in [0.1, 0.15) is 26.4 Å². The van der Waals surface area contributed by atoms with E-state index in [1.165, 1.54) is 23.9 Å². The van der Waals surface area contributed by atoms with Crippen molar-refractivity contribution >= 4 is 17.6 Å². The Balaban J connectivity index is 1.85. The van der Waals surface area contributed by atoms with E-state index in [0.717, 1.165) is 5.56 Å². The van der Waals surface area contributed by atoms with Gasteiger partial charge >= 0.3 is 5.97 Å². The van der Waals surface area contributed by atoms with Crippen LogP contribution in [-0.2, 0) is 11.3 Å². The maximum absolute atomic E-state index is 12.6. The number of carbonyl (C=O) groups is 2. The summed E-state index contributed by atoms with van der Waals surface area (Å²) in [5.41, 5.74) is 1.17. The molecule has 2 aromatic carbocycles. The first-order valence-electron chi connectivity index (χ1n) is 8.19. The fraction of sp³-hybridized carbons (Fsp3) is 0.100. The van der Waals surface area contributed by atoms with Crippen LogP contribution in [0.3, 0.4) is 0 Å². The molecule has 0 fully saturated rings. The molecule has 0 saturated heterocycles. The molecule has 0 aliphatic carbocycles. The Labute approximate surface area is 155 Å². The molecule has 0 bridgehead atoms. The number of nitrogens with zero attached hydrogens (tertiary/aromatic N) is 2. The SMILES string of the molecule is COC(=O)c1ccccc1NC(=O)c1ccc(=O)n(Cc2ccccc2)n1. The molecule has 1 N–H and O–H groups in total. The van der Waals surface area contributed by atoms with Crippen LogP contribution in [0.2, 0.25) is 0 Å². The Kier molecular flexibility index (Phi) is 5.41. The molecule has 27 heavy (non-hydrogen) atoms. The molecular formula is C20H17N3O4.